The van der Waals surface area contributed by atoms with Crippen LogP contribution in [0.2, 0.25) is 0 Å². The molecule has 0 radical (unpaired) electrons. The van der Waals surface area contributed by atoms with Crippen LogP contribution in [0.1, 0.15) is 1.43 Å². The maximum Gasteiger partial charge on any atom is 1.00 e. The summed E-state index contributed by atoms with van der Waals surface area (Å²) in [6.07, 6.45) is 0. The fourth-order valence-corrected chi connectivity index (χ4v) is 0. The lowest BCUT2D eigenvalue weighted by molar-refractivity contribution is -0.180. The summed E-state index contributed by atoms with van der Waals surface area (Å²) in [6.45, 7) is 0. The summed E-state index contributed by atoms with van der Waals surface area (Å²) in [5, 5.41) is 0. The minimum absolute atomic E-state index is 0. The summed E-state index contributed by atoms with van der Waals surface area (Å²) >= 11 is 0. The molecule has 6 heteroatoms. The van der Waals surface area contributed by atoms with Crippen LogP contribution in [-0.2, 0) is 31.6 Å². The Balaban J connectivity index is -0.0000000150. The van der Waals surface area contributed by atoms with Crippen molar-refractivity contribution < 1.29 is 15.8 Å². The first-order valence-electron chi connectivity index (χ1n) is 0.632. The van der Waals surface area contributed by atoms with Crippen LogP contribution in [0.5, 0.6) is 0 Å². The first kappa shape index (κ1) is 15.8. The van der Waals surface area contributed by atoms with Crippen LogP contribution in [-0.4, -0.2) is 4.89 Å². The van der Waals surface area contributed by atoms with Crippen molar-refractivity contribution in [3.8, 4) is 0 Å². The quantitative estimate of drug-likeness (QED) is 0.438. The molecule has 1 atom stereocenters. The molecule has 0 spiro atoms. The van der Waals surface area contributed by atoms with Crippen molar-refractivity contribution in [3.63, 3.8) is 0 Å². The fourth-order valence-electron chi connectivity index (χ4n) is 0. The largest absolute Gasteiger partial charge is 2.00 e. The zero-order valence-electron chi connectivity index (χ0n) is 3.58. The second-order valence-corrected chi connectivity index (χ2v) is 0.798. The Morgan fingerprint density at radius 1 is 1.67 bits per heavy atom. The molecular weight excluding hydrogens is 143 g/mol. The Kier molecular flexibility index (Phi) is 24.5. The van der Waals surface area contributed by atoms with Crippen LogP contribution < -0.4 is 4.89 Å². The van der Waals surface area contributed by atoms with Gasteiger partial charge in [-0.1, -0.05) is 0 Å². The van der Waals surface area contributed by atoms with Gasteiger partial charge in [-0.05, 0) is 0 Å². The van der Waals surface area contributed by atoms with Crippen molar-refractivity contribution in [1.29, 1.82) is 0 Å². The van der Waals surface area contributed by atoms with Gasteiger partial charge in [0.15, 0.2) is 0 Å². The summed E-state index contributed by atoms with van der Waals surface area (Å²) in [6, 6.07) is 0. The molecule has 0 aliphatic rings. The maximum absolute atomic E-state index is 8.63. The van der Waals surface area contributed by atoms with E-state index in [9.17, 15) is 0 Å². The third-order valence-corrected chi connectivity index (χ3v) is 0. The Morgan fingerprint density at radius 3 is 1.67 bits per heavy atom. The van der Waals surface area contributed by atoms with Gasteiger partial charge in [0.05, 0.1) is 0 Å². The van der Waals surface area contributed by atoms with Gasteiger partial charge in [0.25, 0.3) is 0 Å². The maximum atomic E-state index is 8.63. The van der Waals surface area contributed by atoms with Crippen molar-refractivity contribution in [1.82, 2.24) is 0 Å². The van der Waals surface area contributed by atoms with Gasteiger partial charge in [0.1, 0.15) is 8.25 Å². The van der Waals surface area contributed by atoms with Crippen LogP contribution in [0.4, 0.5) is 0 Å². The summed E-state index contributed by atoms with van der Waals surface area (Å²) in [5.41, 5.74) is 0. The molecule has 0 aromatic rings. The lowest BCUT2D eigenvalue weighted by atomic mass is 15.8. The molecule has 0 aliphatic heterocycles. The van der Waals surface area contributed by atoms with E-state index in [-0.39, 0.29) is 28.4 Å². The van der Waals surface area contributed by atoms with Crippen LogP contribution >= 0.6 is 8.25 Å². The number of rotatable bonds is 0. The van der Waals surface area contributed by atoms with E-state index in [1.165, 1.54) is 0 Å². The van der Waals surface area contributed by atoms with Crippen LogP contribution in [0.3, 0.4) is 0 Å². The average molecular weight is 146 g/mol. The lowest BCUT2D eigenvalue weighted by Gasteiger charge is -2.00. The molecule has 0 rings (SSSR count). The smallest absolute Gasteiger partial charge is 1.00 e. The summed E-state index contributed by atoms with van der Waals surface area (Å²) in [7, 11) is -3.38. The van der Waals surface area contributed by atoms with Crippen molar-refractivity contribution >= 4 is 35.2 Å². The fraction of sp³-hybridized carbons (Fsp3) is 0. The van der Waals surface area contributed by atoms with Crippen LogP contribution in [0.25, 0.3) is 0 Å². The van der Waals surface area contributed by atoms with E-state index in [0.717, 1.165) is 0 Å². The van der Waals surface area contributed by atoms with E-state index in [1.807, 2.05) is 0 Å². The second kappa shape index (κ2) is 9.28. The van der Waals surface area contributed by atoms with Crippen molar-refractivity contribution in [2.45, 2.75) is 0 Å². The molecule has 0 fully saturated rings. The Bertz CT molecular complexity index is 35.9. The van der Waals surface area contributed by atoms with Gasteiger partial charge in [0.2, 0.25) is 0 Å². The van der Waals surface area contributed by atoms with Gasteiger partial charge in [-0.3, -0.25) is 0 Å². The minimum atomic E-state index is -3.38. The third kappa shape index (κ3) is 99.5. The highest BCUT2D eigenvalue weighted by Crippen LogP contribution is 1.89. The highest BCUT2D eigenvalue weighted by atomic mass is 32.1. The Labute approximate surface area is 51.7 Å². The molecule has 1 N–H and O–H groups in total. The first-order chi connectivity index (χ1) is 1.73. The standard InChI is InChI=1S/H3O3P.2S/c1-4(2)3;;/h4H,(H2,1,2,3);;/q;2*-2. The monoisotopic (exact) mass is 146 g/mol. The van der Waals surface area contributed by atoms with Crippen molar-refractivity contribution in [2.75, 3.05) is 0 Å². The molecule has 0 aliphatic carbocycles. The van der Waals surface area contributed by atoms with Gasteiger partial charge in [-0.15, -0.1) is 0 Å². The third-order valence-electron chi connectivity index (χ3n) is 0. The lowest BCUT2D eigenvalue weighted by Crippen LogP contribution is -1.78. The summed E-state index contributed by atoms with van der Waals surface area (Å²) in [4.78, 5) is 15.7. The molecule has 0 saturated heterocycles. The van der Waals surface area contributed by atoms with Gasteiger partial charge < -0.3 is 41.3 Å². The molecule has 0 heterocycles. The molecule has 6 heavy (non-hydrogen) atoms. The minimum Gasteiger partial charge on any atom is -2.00 e. The van der Waals surface area contributed by atoms with Crippen LogP contribution in [0.15, 0.2) is 0 Å². The average Bonchev–Trinajstić information content (AvgIpc) is 0.811. The van der Waals surface area contributed by atoms with E-state index in [1.54, 1.807) is 0 Å². The van der Waals surface area contributed by atoms with Crippen LogP contribution in [0, 0.1) is 0 Å². The molecule has 3 nitrogen and oxygen atoms in total. The van der Waals surface area contributed by atoms with E-state index < -0.39 is 8.25 Å². The molecular formula is H3O3PS2-4. The summed E-state index contributed by atoms with van der Waals surface area (Å²) < 4.78 is 8.63. The van der Waals surface area contributed by atoms with Crippen molar-refractivity contribution in [3.05, 3.63) is 0 Å². The predicted octanol–water partition coefficient (Wildman–Crippen LogP) is -1.16. The molecule has 0 saturated carbocycles. The van der Waals surface area contributed by atoms with Gasteiger partial charge in [-0.2, -0.15) is 0 Å². The molecule has 0 aromatic heterocycles. The molecule has 1 unspecified atom stereocenters. The second-order valence-electron chi connectivity index (χ2n) is 0.266. The Hall–Kier alpha value is 0.850. The molecule has 0 aromatic carbocycles. The topological polar surface area (TPSA) is 60.4 Å². The number of hydrogen-bond donors (Lipinski definition) is 1. The van der Waals surface area contributed by atoms with E-state index in [2.05, 4.69) is 0 Å². The Morgan fingerprint density at radius 2 is 1.67 bits per heavy atom. The zero-order chi connectivity index (χ0) is 3.58. The normalized spacial score (nSPS) is 10.3. The SMILES string of the molecule is O=[PH]([O-])O.[H+].[S-2].[S-2]. The first-order valence-corrected chi connectivity index (χ1v) is 1.90. The van der Waals surface area contributed by atoms with E-state index in [4.69, 9.17) is 14.4 Å². The van der Waals surface area contributed by atoms with Gasteiger partial charge >= 0.3 is 1.43 Å². The molecule has 0 amide bonds. The van der Waals surface area contributed by atoms with Gasteiger partial charge in [0, 0.05) is 0 Å². The van der Waals surface area contributed by atoms with Crippen molar-refractivity contribution in [2.24, 2.45) is 0 Å². The zero-order valence-corrected chi connectivity index (χ0v) is 5.21. The highest BCUT2D eigenvalue weighted by molar-refractivity contribution is 7.37. The molecule has 42 valence electrons. The van der Waals surface area contributed by atoms with Gasteiger partial charge in [-0.25, -0.2) is 0 Å². The predicted molar refractivity (Wildman–Crippen MR) is 27.1 cm³/mol. The highest BCUT2D eigenvalue weighted by Gasteiger charge is 1.42. The molecule has 0 bridgehead atoms. The summed E-state index contributed by atoms with van der Waals surface area (Å²) in [5.74, 6) is 0. The van der Waals surface area contributed by atoms with E-state index >= 15 is 0 Å². The van der Waals surface area contributed by atoms with E-state index in [0.29, 0.717) is 0 Å². The number of hydrogen-bond acceptors (Lipinski definition) is 2.